The zero-order valence-corrected chi connectivity index (χ0v) is 14.5. The molecule has 5 nitrogen and oxygen atoms in total. The number of anilines is 1. The van der Waals surface area contributed by atoms with Crippen molar-refractivity contribution in [2.45, 2.75) is 6.54 Å². The molecule has 134 valence electrons. The third-order valence-electron chi connectivity index (χ3n) is 4.33. The van der Waals surface area contributed by atoms with Gasteiger partial charge in [-0.1, -0.05) is 30.4 Å². The molecule has 0 unspecified atom stereocenters. The second-order valence-corrected chi connectivity index (χ2v) is 6.02. The van der Waals surface area contributed by atoms with E-state index in [0.29, 0.717) is 18.0 Å². The van der Waals surface area contributed by atoms with Crippen LogP contribution >= 0.6 is 0 Å². The Balaban J connectivity index is 1.76. The van der Waals surface area contributed by atoms with Gasteiger partial charge in [-0.05, 0) is 47.5 Å². The molecule has 2 aromatic heterocycles. The lowest BCUT2D eigenvalue weighted by molar-refractivity contribution is 0.412. The van der Waals surface area contributed by atoms with Gasteiger partial charge in [-0.3, -0.25) is 0 Å². The molecule has 0 aliphatic rings. The fraction of sp³-hybridized carbons (Fsp3) is 0.0476. The molecule has 4 aromatic rings. The monoisotopic (exact) mass is 360 g/mol. The molecule has 0 saturated heterocycles. The maximum atomic E-state index is 13.1. The maximum absolute atomic E-state index is 13.1. The largest absolute Gasteiger partial charge is 0.379 e. The van der Waals surface area contributed by atoms with Gasteiger partial charge in [0.1, 0.15) is 17.0 Å². The van der Waals surface area contributed by atoms with Crippen molar-refractivity contribution in [2.75, 3.05) is 5.32 Å². The summed E-state index contributed by atoms with van der Waals surface area (Å²) in [5, 5.41) is 7.41. The molecular formula is C21H17FN4O. The van der Waals surface area contributed by atoms with Crippen molar-refractivity contribution in [3.05, 3.63) is 78.7 Å². The van der Waals surface area contributed by atoms with Crippen molar-refractivity contribution in [3.63, 3.8) is 0 Å². The highest BCUT2D eigenvalue weighted by Crippen LogP contribution is 2.34. The van der Waals surface area contributed by atoms with Crippen LogP contribution < -0.4 is 5.32 Å². The van der Waals surface area contributed by atoms with Gasteiger partial charge in [0.15, 0.2) is 5.76 Å². The number of benzene rings is 2. The van der Waals surface area contributed by atoms with Crippen LogP contribution in [0.25, 0.3) is 34.3 Å². The van der Waals surface area contributed by atoms with Crippen LogP contribution in [-0.4, -0.2) is 15.1 Å². The van der Waals surface area contributed by atoms with Gasteiger partial charge < -0.3 is 14.8 Å². The summed E-state index contributed by atoms with van der Waals surface area (Å²) in [7, 11) is 0. The summed E-state index contributed by atoms with van der Waals surface area (Å²) in [4.78, 5) is 7.53. The first-order valence-corrected chi connectivity index (χ1v) is 8.40. The molecular weight excluding hydrogens is 343 g/mol. The van der Waals surface area contributed by atoms with E-state index in [1.165, 1.54) is 12.1 Å². The first kappa shape index (κ1) is 16.8. The molecule has 4 rings (SSSR count). The Kier molecular flexibility index (Phi) is 4.30. The molecule has 0 fully saturated rings. The molecule has 2 heterocycles. The Bertz CT molecular complexity index is 1100. The molecule has 0 spiro atoms. The SMILES string of the molecule is C=Cc1noc(C=C)c1-c1cc(NCc2ccc(F)cc2)c2nc[nH]c2c1. The lowest BCUT2D eigenvalue weighted by Gasteiger charge is -2.10. The van der Waals surface area contributed by atoms with Gasteiger partial charge in [0.05, 0.1) is 23.1 Å². The minimum atomic E-state index is -0.253. The predicted octanol–water partition coefficient (Wildman–Crippen LogP) is 5.26. The number of rotatable bonds is 6. The minimum absolute atomic E-state index is 0.253. The molecule has 0 aliphatic heterocycles. The van der Waals surface area contributed by atoms with Crippen LogP contribution in [0.5, 0.6) is 0 Å². The molecule has 0 radical (unpaired) electrons. The molecule has 2 aromatic carbocycles. The normalized spacial score (nSPS) is 10.9. The zero-order chi connectivity index (χ0) is 18.8. The van der Waals surface area contributed by atoms with Gasteiger partial charge in [0, 0.05) is 6.54 Å². The van der Waals surface area contributed by atoms with Crippen LogP contribution in [0, 0.1) is 5.82 Å². The molecule has 0 saturated carbocycles. The Morgan fingerprint density at radius 1 is 1.15 bits per heavy atom. The lowest BCUT2D eigenvalue weighted by atomic mass is 10.0. The smallest absolute Gasteiger partial charge is 0.167 e. The second-order valence-electron chi connectivity index (χ2n) is 6.02. The van der Waals surface area contributed by atoms with E-state index < -0.39 is 0 Å². The fourth-order valence-electron chi connectivity index (χ4n) is 3.01. The molecule has 0 amide bonds. The number of hydrogen-bond acceptors (Lipinski definition) is 4. The highest BCUT2D eigenvalue weighted by Gasteiger charge is 2.16. The average Bonchev–Trinajstić information content (AvgIpc) is 3.33. The van der Waals surface area contributed by atoms with Crippen LogP contribution in [0.2, 0.25) is 0 Å². The van der Waals surface area contributed by atoms with E-state index in [4.69, 9.17) is 4.52 Å². The lowest BCUT2D eigenvalue weighted by Crippen LogP contribution is -2.00. The van der Waals surface area contributed by atoms with Gasteiger partial charge in [0.2, 0.25) is 0 Å². The summed E-state index contributed by atoms with van der Waals surface area (Å²) >= 11 is 0. The molecule has 2 N–H and O–H groups in total. The minimum Gasteiger partial charge on any atom is -0.379 e. The van der Waals surface area contributed by atoms with E-state index in [-0.39, 0.29) is 5.82 Å². The Hall–Kier alpha value is -3.67. The van der Waals surface area contributed by atoms with E-state index in [0.717, 1.165) is 33.4 Å². The van der Waals surface area contributed by atoms with Crippen molar-refractivity contribution in [3.8, 4) is 11.1 Å². The topological polar surface area (TPSA) is 66.7 Å². The number of imidazole rings is 1. The van der Waals surface area contributed by atoms with E-state index in [2.05, 4.69) is 33.6 Å². The summed E-state index contributed by atoms with van der Waals surface area (Å²) in [6.45, 7) is 8.13. The summed E-state index contributed by atoms with van der Waals surface area (Å²) in [5.74, 6) is 0.324. The molecule has 6 heteroatoms. The standard InChI is InChI=1S/C21H17FN4O/c1-3-16-20(19(4-2)27-26-16)14-9-17(21-18(10-14)24-12-25-21)23-11-13-5-7-15(22)8-6-13/h3-10,12,23H,1-2,11H2,(H,24,25). The third kappa shape index (κ3) is 3.13. The van der Waals surface area contributed by atoms with Gasteiger partial charge in [-0.15, -0.1) is 0 Å². The third-order valence-corrected chi connectivity index (χ3v) is 4.33. The first-order chi connectivity index (χ1) is 13.2. The van der Waals surface area contributed by atoms with Gasteiger partial charge in [0.25, 0.3) is 0 Å². The Morgan fingerprint density at radius 2 is 1.96 bits per heavy atom. The number of nitrogens with zero attached hydrogens (tertiary/aromatic N) is 2. The van der Waals surface area contributed by atoms with Crippen LogP contribution in [0.15, 0.2) is 60.4 Å². The number of aromatic nitrogens is 3. The molecule has 0 atom stereocenters. The average molecular weight is 360 g/mol. The first-order valence-electron chi connectivity index (χ1n) is 8.40. The summed E-state index contributed by atoms with van der Waals surface area (Å²) in [5.41, 5.74) is 5.88. The van der Waals surface area contributed by atoms with E-state index >= 15 is 0 Å². The number of H-pyrrole nitrogens is 1. The van der Waals surface area contributed by atoms with Crippen molar-refractivity contribution < 1.29 is 8.91 Å². The maximum Gasteiger partial charge on any atom is 0.167 e. The summed E-state index contributed by atoms with van der Waals surface area (Å²) < 4.78 is 18.4. The molecule has 0 bridgehead atoms. The van der Waals surface area contributed by atoms with E-state index in [9.17, 15) is 4.39 Å². The molecule has 27 heavy (non-hydrogen) atoms. The van der Waals surface area contributed by atoms with Crippen molar-refractivity contribution in [1.82, 2.24) is 15.1 Å². The number of hydrogen-bond donors (Lipinski definition) is 2. The number of aromatic amines is 1. The summed E-state index contributed by atoms with van der Waals surface area (Å²) in [6.07, 6.45) is 4.92. The van der Waals surface area contributed by atoms with E-state index in [1.807, 2.05) is 12.1 Å². The number of halogens is 1. The Labute approximate surface area is 155 Å². The van der Waals surface area contributed by atoms with Crippen molar-refractivity contribution in [1.29, 1.82) is 0 Å². The quantitative estimate of drug-likeness (QED) is 0.492. The van der Waals surface area contributed by atoms with Gasteiger partial charge in [-0.25, -0.2) is 9.37 Å². The van der Waals surface area contributed by atoms with Crippen LogP contribution in [-0.2, 0) is 6.54 Å². The van der Waals surface area contributed by atoms with E-state index in [1.54, 1.807) is 30.6 Å². The van der Waals surface area contributed by atoms with Crippen molar-refractivity contribution in [2.24, 2.45) is 0 Å². The Morgan fingerprint density at radius 3 is 2.70 bits per heavy atom. The van der Waals surface area contributed by atoms with Gasteiger partial charge >= 0.3 is 0 Å². The highest BCUT2D eigenvalue weighted by atomic mass is 19.1. The zero-order valence-electron chi connectivity index (χ0n) is 14.5. The number of fused-ring (bicyclic) bond motifs is 1. The summed E-state index contributed by atoms with van der Waals surface area (Å²) in [6, 6.07) is 10.4. The number of nitrogens with one attached hydrogen (secondary N) is 2. The van der Waals surface area contributed by atoms with Crippen LogP contribution in [0.1, 0.15) is 17.0 Å². The van der Waals surface area contributed by atoms with Crippen molar-refractivity contribution >= 4 is 28.9 Å². The highest BCUT2D eigenvalue weighted by molar-refractivity contribution is 5.94. The predicted molar refractivity (Wildman–Crippen MR) is 105 cm³/mol. The molecule has 0 aliphatic carbocycles. The fourth-order valence-corrected chi connectivity index (χ4v) is 3.01. The second kappa shape index (κ2) is 6.92. The van der Waals surface area contributed by atoms with Crippen LogP contribution in [0.4, 0.5) is 10.1 Å². The van der Waals surface area contributed by atoms with Gasteiger partial charge in [-0.2, -0.15) is 0 Å². The van der Waals surface area contributed by atoms with Crippen LogP contribution in [0.3, 0.4) is 0 Å².